The standard InChI is InChI=1S/C22H25N3OS/c26-22(21-5-3-11-27-21)24-16-6-7-20-18(13-16)19(14-23-20)15-8-10-25-9-2-1-4-17(25)12-15/h3,5-7,11,13-15,17,23H,1-2,4,8-10,12H2,(H,24,26). The number of hydrogen-bond donors (Lipinski definition) is 2. The third-order valence-corrected chi connectivity index (χ3v) is 7.10. The Labute approximate surface area is 163 Å². The Hall–Kier alpha value is -2.11. The van der Waals surface area contributed by atoms with E-state index >= 15 is 0 Å². The molecule has 5 rings (SSSR count). The lowest BCUT2D eigenvalue weighted by Crippen LogP contribution is -2.44. The summed E-state index contributed by atoms with van der Waals surface area (Å²) in [6.45, 7) is 2.50. The fraction of sp³-hybridized carbons (Fsp3) is 0.409. The number of aromatic amines is 1. The quantitative estimate of drug-likeness (QED) is 0.656. The zero-order chi connectivity index (χ0) is 18.2. The molecular weight excluding hydrogens is 354 g/mol. The minimum atomic E-state index is -0.0306. The number of nitrogens with zero attached hydrogens (tertiary/aromatic N) is 1. The number of benzene rings is 1. The SMILES string of the molecule is O=C(Nc1ccc2[nH]cc(C3CCN4CCCCC4C3)c2c1)c1cccs1. The molecule has 0 bridgehead atoms. The minimum Gasteiger partial charge on any atom is -0.361 e. The van der Waals surface area contributed by atoms with Gasteiger partial charge < -0.3 is 15.2 Å². The van der Waals surface area contributed by atoms with Gasteiger partial charge in [-0.25, -0.2) is 0 Å². The molecule has 1 amide bonds. The lowest BCUT2D eigenvalue weighted by molar-refractivity contribution is 0.0977. The second-order valence-corrected chi connectivity index (χ2v) is 8.79. The Balaban J connectivity index is 1.39. The third-order valence-electron chi connectivity index (χ3n) is 6.23. The Morgan fingerprint density at radius 2 is 2.15 bits per heavy atom. The van der Waals surface area contributed by atoms with E-state index in [0.717, 1.165) is 22.1 Å². The van der Waals surface area contributed by atoms with Gasteiger partial charge in [0.1, 0.15) is 0 Å². The van der Waals surface area contributed by atoms with Crippen LogP contribution >= 0.6 is 11.3 Å². The molecule has 0 radical (unpaired) electrons. The molecule has 0 spiro atoms. The van der Waals surface area contributed by atoms with E-state index in [0.29, 0.717) is 5.92 Å². The summed E-state index contributed by atoms with van der Waals surface area (Å²) in [5, 5.41) is 6.24. The van der Waals surface area contributed by atoms with Gasteiger partial charge in [0.2, 0.25) is 0 Å². The van der Waals surface area contributed by atoms with Gasteiger partial charge in [-0.1, -0.05) is 12.5 Å². The van der Waals surface area contributed by atoms with Gasteiger partial charge in [0, 0.05) is 28.8 Å². The van der Waals surface area contributed by atoms with Crippen LogP contribution in [0.1, 0.15) is 53.3 Å². The van der Waals surface area contributed by atoms with Crippen LogP contribution in [0.5, 0.6) is 0 Å². The Kier molecular flexibility index (Phi) is 4.50. The third kappa shape index (κ3) is 3.30. The number of amides is 1. The van der Waals surface area contributed by atoms with Gasteiger partial charge >= 0.3 is 0 Å². The van der Waals surface area contributed by atoms with Gasteiger partial charge in [-0.15, -0.1) is 11.3 Å². The highest BCUT2D eigenvalue weighted by molar-refractivity contribution is 7.12. The lowest BCUT2D eigenvalue weighted by atomic mass is 9.82. The molecule has 2 aliphatic rings. The number of carbonyl (C=O) groups excluding carboxylic acids is 1. The van der Waals surface area contributed by atoms with E-state index in [1.54, 1.807) is 0 Å². The van der Waals surface area contributed by atoms with Gasteiger partial charge in [0.05, 0.1) is 4.88 Å². The van der Waals surface area contributed by atoms with Crippen molar-refractivity contribution < 1.29 is 4.79 Å². The molecule has 4 heterocycles. The molecule has 2 unspecified atom stereocenters. The number of rotatable bonds is 3. The molecule has 2 aromatic heterocycles. The van der Waals surface area contributed by atoms with E-state index in [2.05, 4.69) is 33.5 Å². The van der Waals surface area contributed by atoms with E-state index in [4.69, 9.17) is 0 Å². The molecule has 2 aliphatic heterocycles. The number of H-pyrrole nitrogens is 1. The topological polar surface area (TPSA) is 48.1 Å². The average Bonchev–Trinajstić information content (AvgIpc) is 3.37. The first-order valence-corrected chi connectivity index (χ1v) is 10.9. The van der Waals surface area contributed by atoms with Crippen LogP contribution in [0.25, 0.3) is 10.9 Å². The predicted octanol–water partition coefficient (Wildman–Crippen LogP) is 5.21. The molecule has 2 fully saturated rings. The molecule has 2 N–H and O–H groups in total. The molecule has 0 aliphatic carbocycles. The maximum Gasteiger partial charge on any atom is 0.265 e. The van der Waals surface area contributed by atoms with Gasteiger partial charge in [-0.05, 0) is 79.9 Å². The van der Waals surface area contributed by atoms with Crippen LogP contribution in [0.15, 0.2) is 41.9 Å². The molecule has 2 atom stereocenters. The number of fused-ring (bicyclic) bond motifs is 2. The summed E-state index contributed by atoms with van der Waals surface area (Å²) in [6, 6.07) is 10.7. The largest absolute Gasteiger partial charge is 0.361 e. The molecule has 27 heavy (non-hydrogen) atoms. The van der Waals surface area contributed by atoms with Crippen LogP contribution in [-0.2, 0) is 0 Å². The smallest absolute Gasteiger partial charge is 0.265 e. The summed E-state index contributed by atoms with van der Waals surface area (Å²) < 4.78 is 0. The van der Waals surface area contributed by atoms with Gasteiger partial charge in [-0.2, -0.15) is 0 Å². The number of aromatic nitrogens is 1. The molecule has 5 heteroatoms. The van der Waals surface area contributed by atoms with Crippen molar-refractivity contribution in [2.24, 2.45) is 0 Å². The fourth-order valence-electron chi connectivity index (χ4n) is 4.83. The number of nitrogens with one attached hydrogen (secondary N) is 2. The van der Waals surface area contributed by atoms with E-state index in [1.807, 2.05) is 23.6 Å². The number of thiophene rings is 1. The summed E-state index contributed by atoms with van der Waals surface area (Å²) >= 11 is 1.47. The van der Waals surface area contributed by atoms with Crippen molar-refractivity contribution in [1.29, 1.82) is 0 Å². The lowest BCUT2D eigenvalue weighted by Gasteiger charge is -2.42. The van der Waals surface area contributed by atoms with Crippen LogP contribution in [-0.4, -0.2) is 34.9 Å². The van der Waals surface area contributed by atoms with Crippen LogP contribution in [0, 0.1) is 0 Å². The van der Waals surface area contributed by atoms with E-state index in [9.17, 15) is 4.79 Å². The molecule has 1 aromatic carbocycles. The molecule has 0 saturated carbocycles. The van der Waals surface area contributed by atoms with E-state index in [1.165, 1.54) is 67.5 Å². The van der Waals surface area contributed by atoms with Crippen LogP contribution < -0.4 is 5.32 Å². The number of anilines is 1. The highest BCUT2D eigenvalue weighted by atomic mass is 32.1. The van der Waals surface area contributed by atoms with Crippen molar-refractivity contribution >= 4 is 33.8 Å². The first-order chi connectivity index (χ1) is 13.3. The Bertz CT molecular complexity index is 946. The molecule has 3 aromatic rings. The van der Waals surface area contributed by atoms with Crippen LogP contribution in [0.2, 0.25) is 0 Å². The van der Waals surface area contributed by atoms with Crippen molar-refractivity contribution in [2.45, 2.75) is 44.1 Å². The number of carbonyl (C=O) groups is 1. The maximum absolute atomic E-state index is 12.4. The number of hydrogen-bond acceptors (Lipinski definition) is 3. The number of piperidine rings is 2. The first kappa shape index (κ1) is 17.0. The van der Waals surface area contributed by atoms with E-state index in [-0.39, 0.29) is 5.91 Å². The normalized spacial score (nSPS) is 23.3. The average molecular weight is 380 g/mol. The van der Waals surface area contributed by atoms with Gasteiger partial charge in [0.15, 0.2) is 0 Å². The highest BCUT2D eigenvalue weighted by Crippen LogP contribution is 2.38. The van der Waals surface area contributed by atoms with Crippen LogP contribution in [0.4, 0.5) is 5.69 Å². The maximum atomic E-state index is 12.4. The fourth-order valence-corrected chi connectivity index (χ4v) is 5.45. The zero-order valence-electron chi connectivity index (χ0n) is 15.4. The van der Waals surface area contributed by atoms with Gasteiger partial charge in [0.25, 0.3) is 5.91 Å². The van der Waals surface area contributed by atoms with E-state index < -0.39 is 0 Å². The van der Waals surface area contributed by atoms with Crippen LogP contribution in [0.3, 0.4) is 0 Å². The predicted molar refractivity (Wildman–Crippen MR) is 112 cm³/mol. The second kappa shape index (κ2) is 7.13. The monoisotopic (exact) mass is 379 g/mol. The molecular formula is C22H25N3OS. The first-order valence-electron chi connectivity index (χ1n) is 9.98. The molecule has 140 valence electrons. The summed E-state index contributed by atoms with van der Waals surface area (Å²) in [5.74, 6) is 0.582. The molecule has 4 nitrogen and oxygen atoms in total. The summed E-state index contributed by atoms with van der Waals surface area (Å²) in [7, 11) is 0. The van der Waals surface area contributed by atoms with Crippen molar-refractivity contribution in [3.05, 3.63) is 52.3 Å². The second-order valence-electron chi connectivity index (χ2n) is 7.84. The van der Waals surface area contributed by atoms with Gasteiger partial charge in [-0.3, -0.25) is 4.79 Å². The minimum absolute atomic E-state index is 0.0306. The Morgan fingerprint density at radius 3 is 3.04 bits per heavy atom. The zero-order valence-corrected chi connectivity index (χ0v) is 16.2. The summed E-state index contributed by atoms with van der Waals surface area (Å²) in [4.78, 5) is 19.3. The molecule has 2 saturated heterocycles. The Morgan fingerprint density at radius 1 is 1.19 bits per heavy atom. The van der Waals surface area contributed by atoms with Crippen molar-refractivity contribution in [3.63, 3.8) is 0 Å². The van der Waals surface area contributed by atoms with Crippen molar-refractivity contribution in [3.8, 4) is 0 Å². The van der Waals surface area contributed by atoms with Crippen molar-refractivity contribution in [1.82, 2.24) is 9.88 Å². The summed E-state index contributed by atoms with van der Waals surface area (Å²) in [5.41, 5.74) is 3.45. The summed E-state index contributed by atoms with van der Waals surface area (Å²) in [6.07, 6.45) is 8.77. The highest BCUT2D eigenvalue weighted by Gasteiger charge is 2.31. The van der Waals surface area contributed by atoms with Crippen molar-refractivity contribution in [2.75, 3.05) is 18.4 Å².